The van der Waals surface area contributed by atoms with Crippen LogP contribution in [-0.2, 0) is 0 Å². The van der Waals surface area contributed by atoms with E-state index < -0.39 is 0 Å². The average molecular weight is 1080 g/mol. The maximum Gasteiger partial charge on any atom is 0.252 e. The first-order chi connectivity index (χ1) is 41.2. The normalized spacial score (nSPS) is 12.5. The van der Waals surface area contributed by atoms with Crippen molar-refractivity contribution in [2.75, 3.05) is 9.80 Å². The molecular weight excluding hydrogens is 1030 g/mol. The van der Waals surface area contributed by atoms with Gasteiger partial charge in [0, 0.05) is 87.3 Å². The van der Waals surface area contributed by atoms with Gasteiger partial charge in [-0.25, -0.2) is 15.0 Å². The van der Waals surface area contributed by atoms with Crippen molar-refractivity contribution in [3.8, 4) is 62.1 Å². The van der Waals surface area contributed by atoms with E-state index in [9.17, 15) is 0 Å². The van der Waals surface area contributed by atoms with E-state index in [-0.39, 0.29) is 6.71 Å². The van der Waals surface area contributed by atoms with Gasteiger partial charge in [-0.15, -0.1) is 11.3 Å². The maximum absolute atomic E-state index is 5.25. The molecule has 0 atom stereocenters. The fourth-order valence-electron chi connectivity index (χ4n) is 13.2. The number of aromatic nitrogens is 4. The van der Waals surface area contributed by atoms with Crippen LogP contribution in [0.5, 0.6) is 0 Å². The summed E-state index contributed by atoms with van der Waals surface area (Å²) in [6, 6.07) is 103. The first-order valence-electron chi connectivity index (χ1n) is 28.2. The zero-order valence-corrected chi connectivity index (χ0v) is 45.6. The molecule has 0 fully saturated rings. The van der Waals surface area contributed by atoms with E-state index in [4.69, 9.17) is 15.0 Å². The van der Waals surface area contributed by atoms with E-state index in [1.54, 1.807) is 0 Å². The summed E-state index contributed by atoms with van der Waals surface area (Å²) in [5, 5.41) is 5.06. The lowest BCUT2D eigenvalue weighted by atomic mass is 9.33. The predicted molar refractivity (Wildman–Crippen MR) is 348 cm³/mol. The van der Waals surface area contributed by atoms with Crippen LogP contribution < -0.4 is 26.2 Å². The Morgan fingerprint density at radius 1 is 0.313 bits per heavy atom. The Kier molecular flexibility index (Phi) is 10.8. The smallest absolute Gasteiger partial charge is 0.252 e. The van der Waals surface area contributed by atoms with Crippen molar-refractivity contribution < 1.29 is 0 Å². The molecule has 0 spiro atoms. The average Bonchev–Trinajstić information content (AvgIpc) is 2.83. The lowest BCUT2D eigenvalue weighted by molar-refractivity contribution is 1.07. The summed E-state index contributed by atoms with van der Waals surface area (Å²) in [4.78, 5) is 20.5. The van der Waals surface area contributed by atoms with Gasteiger partial charge in [0.1, 0.15) is 0 Å². The minimum Gasteiger partial charge on any atom is -0.311 e. The summed E-state index contributed by atoms with van der Waals surface area (Å²) in [5.74, 6) is 1.85. The Hall–Kier alpha value is -10.7. The van der Waals surface area contributed by atoms with Crippen LogP contribution in [0.2, 0.25) is 0 Å². The number of benzene rings is 12. The van der Waals surface area contributed by atoms with E-state index in [2.05, 4.69) is 263 Å². The molecule has 0 saturated heterocycles. The molecule has 0 aliphatic carbocycles. The molecule has 0 radical (unpaired) electrons. The van der Waals surface area contributed by atoms with E-state index in [0.29, 0.717) is 17.5 Å². The monoisotopic (exact) mass is 1070 g/mol. The molecule has 3 aromatic heterocycles. The van der Waals surface area contributed by atoms with Crippen LogP contribution in [-0.4, -0.2) is 26.2 Å². The molecular formula is C75H47BN6S. The largest absolute Gasteiger partial charge is 0.311 e. The minimum absolute atomic E-state index is 0.0298. The van der Waals surface area contributed by atoms with Crippen LogP contribution in [0, 0.1) is 0 Å². The highest BCUT2D eigenvalue weighted by molar-refractivity contribution is 7.26. The number of hydrogen-bond donors (Lipinski definition) is 0. The number of thiophene rings is 1. The highest BCUT2D eigenvalue weighted by Gasteiger charge is 2.43. The van der Waals surface area contributed by atoms with E-state index in [1.807, 2.05) is 47.7 Å². The van der Waals surface area contributed by atoms with Crippen LogP contribution in [0.3, 0.4) is 0 Å². The molecule has 12 aromatic carbocycles. The Morgan fingerprint density at radius 3 is 1.42 bits per heavy atom. The lowest BCUT2D eigenvalue weighted by Crippen LogP contribution is -2.61. The molecule has 0 bridgehead atoms. The van der Waals surface area contributed by atoms with Gasteiger partial charge in [0.2, 0.25) is 0 Å². The van der Waals surface area contributed by atoms with E-state index in [0.717, 1.165) is 67.0 Å². The van der Waals surface area contributed by atoms with Gasteiger partial charge in [0.25, 0.3) is 6.71 Å². The van der Waals surface area contributed by atoms with Crippen molar-refractivity contribution in [3.05, 3.63) is 285 Å². The minimum atomic E-state index is 0.0298. The van der Waals surface area contributed by atoms with Gasteiger partial charge in [-0.05, 0) is 118 Å². The Balaban J connectivity index is 0.888. The molecule has 0 N–H and O–H groups in total. The van der Waals surface area contributed by atoms with E-state index in [1.165, 1.54) is 70.1 Å². The van der Waals surface area contributed by atoms with Gasteiger partial charge in [0.05, 0.1) is 16.7 Å². The van der Waals surface area contributed by atoms with Crippen LogP contribution in [0.25, 0.3) is 104 Å². The first-order valence-corrected chi connectivity index (χ1v) is 29.0. The molecule has 0 unspecified atom stereocenters. The van der Waals surface area contributed by atoms with Gasteiger partial charge in [-0.3, -0.25) is 0 Å². The molecule has 5 heterocycles. The summed E-state index contributed by atoms with van der Waals surface area (Å²) >= 11 is 1.88. The molecule has 2 aliphatic rings. The fourth-order valence-corrected chi connectivity index (χ4v) is 14.4. The zero-order valence-electron chi connectivity index (χ0n) is 44.8. The van der Waals surface area contributed by atoms with Gasteiger partial charge in [-0.2, -0.15) is 0 Å². The van der Waals surface area contributed by atoms with Crippen LogP contribution in [0.15, 0.2) is 285 Å². The summed E-state index contributed by atoms with van der Waals surface area (Å²) in [6.45, 7) is 0.0298. The second-order valence-electron chi connectivity index (χ2n) is 21.5. The third-order valence-electron chi connectivity index (χ3n) is 16.8. The summed E-state index contributed by atoms with van der Waals surface area (Å²) in [7, 11) is 0. The zero-order chi connectivity index (χ0) is 54.5. The van der Waals surface area contributed by atoms with Crippen molar-refractivity contribution in [1.29, 1.82) is 0 Å². The highest BCUT2D eigenvalue weighted by atomic mass is 32.1. The van der Waals surface area contributed by atoms with Crippen molar-refractivity contribution >= 4 is 111 Å². The van der Waals surface area contributed by atoms with Crippen molar-refractivity contribution in [3.63, 3.8) is 0 Å². The SMILES string of the molecule is c1ccc(-c2nc(-c3ccccc3)nc(-c3ccc(-n4c5ccccc5c5c6sc7ccccc7c6ccc54)c(-c4ccc(-c5cc6c7c(c5)N(c5ccccc5)c5ccccc5B7c5ccccc5N6c5ccccc5)cc4)c3)n2)cc1. The molecule has 6 nitrogen and oxygen atoms in total. The second-order valence-corrected chi connectivity index (χ2v) is 22.5. The molecule has 17 rings (SSSR count). The Bertz CT molecular complexity index is 4870. The van der Waals surface area contributed by atoms with Crippen molar-refractivity contribution in [2.45, 2.75) is 0 Å². The molecule has 8 heteroatoms. The quantitative estimate of drug-likeness (QED) is 0.142. The molecule has 83 heavy (non-hydrogen) atoms. The van der Waals surface area contributed by atoms with E-state index >= 15 is 0 Å². The summed E-state index contributed by atoms with van der Waals surface area (Å²) < 4.78 is 5.06. The highest BCUT2D eigenvalue weighted by Crippen LogP contribution is 2.48. The number of hydrogen-bond acceptors (Lipinski definition) is 6. The summed E-state index contributed by atoms with van der Waals surface area (Å²) in [6.07, 6.45) is 0. The van der Waals surface area contributed by atoms with Crippen LogP contribution in [0.1, 0.15) is 0 Å². The predicted octanol–water partition coefficient (Wildman–Crippen LogP) is 17.8. The van der Waals surface area contributed by atoms with Gasteiger partial charge < -0.3 is 14.4 Å². The standard InChI is InChI=1S/C75H47BN6S/c1-5-21-50(22-6-1)73-77-74(51-23-7-2-8-24-51)79-75(78-73)52-41-43-63(82-62-33-17-13-30-58(62)70-66(82)44-42-57-56-29-14-20-36-69(56)83-72(57)70)59(45-52)49-39-37-48(38-40-49)53-46-67-71-68(47-53)81(55-27-11-4-12-28-55)65-35-19-16-32-61(65)76(71)60-31-15-18-34-64(60)80(67)54-25-9-3-10-26-54/h1-47H. The molecule has 0 saturated carbocycles. The molecule has 15 aromatic rings. The van der Waals surface area contributed by atoms with Crippen LogP contribution in [0.4, 0.5) is 34.1 Å². The second kappa shape index (κ2) is 19.0. The van der Waals surface area contributed by atoms with Gasteiger partial charge >= 0.3 is 0 Å². The topological polar surface area (TPSA) is 50.1 Å². The van der Waals surface area contributed by atoms with Crippen molar-refractivity contribution in [1.82, 2.24) is 19.5 Å². The van der Waals surface area contributed by atoms with Gasteiger partial charge in [-0.1, -0.05) is 200 Å². The number of nitrogens with zero attached hydrogens (tertiary/aromatic N) is 6. The maximum atomic E-state index is 5.25. The number of para-hydroxylation sites is 5. The third-order valence-corrected chi connectivity index (χ3v) is 18.0. The Morgan fingerprint density at radius 2 is 0.807 bits per heavy atom. The third kappa shape index (κ3) is 7.53. The molecule has 386 valence electrons. The number of rotatable bonds is 8. The molecule has 2 aliphatic heterocycles. The fraction of sp³-hybridized carbons (Fsp3) is 0. The van der Waals surface area contributed by atoms with Crippen molar-refractivity contribution in [2.24, 2.45) is 0 Å². The molecule has 0 amide bonds. The van der Waals surface area contributed by atoms with Gasteiger partial charge in [0.15, 0.2) is 17.5 Å². The number of fused-ring (bicyclic) bond motifs is 11. The number of anilines is 6. The first kappa shape index (κ1) is 47.2. The summed E-state index contributed by atoms with van der Waals surface area (Å²) in [5.41, 5.74) is 21.3. The van der Waals surface area contributed by atoms with Crippen LogP contribution >= 0.6 is 11.3 Å². The lowest BCUT2D eigenvalue weighted by Gasteiger charge is -2.44. The Labute approximate surface area is 484 Å².